The number of hydrogen-bond acceptors (Lipinski definition) is 5. The number of anilines is 2. The Balaban J connectivity index is 1.19. The normalized spacial score (nSPS) is 18.0. The molecule has 2 heterocycles. The minimum atomic E-state index is -0.712. The number of rotatable bonds is 7. The van der Waals surface area contributed by atoms with Crippen LogP contribution >= 0.6 is 0 Å². The number of para-hydroxylation sites is 2. The maximum Gasteiger partial charge on any atom is 0.303 e. The quantitative estimate of drug-likeness (QED) is 0.366. The van der Waals surface area contributed by atoms with Gasteiger partial charge in [0.25, 0.3) is 0 Å². The number of hydrogen-bond donors (Lipinski definition) is 2. The molecular weight excluding hydrogens is 428 g/mol. The molecule has 0 bridgehead atoms. The third kappa shape index (κ3) is 4.88. The third-order valence-corrected chi connectivity index (χ3v) is 6.54. The number of aliphatic carboxylic acids is 1. The van der Waals surface area contributed by atoms with E-state index in [1.165, 1.54) is 0 Å². The van der Waals surface area contributed by atoms with Crippen LogP contribution in [-0.2, 0) is 11.8 Å². The SMILES string of the molecule is Cn1c(Nc2ccc(-c3ccc(OC4CCC(CC(=O)O)CC4)nc3)cc2)nc2ccccc21. The molecule has 0 saturated heterocycles. The van der Waals surface area contributed by atoms with Gasteiger partial charge in [0.1, 0.15) is 6.10 Å². The summed E-state index contributed by atoms with van der Waals surface area (Å²) < 4.78 is 8.09. The van der Waals surface area contributed by atoms with Crippen LogP contribution in [0.4, 0.5) is 11.6 Å². The van der Waals surface area contributed by atoms with Gasteiger partial charge in [0.05, 0.1) is 11.0 Å². The molecule has 0 atom stereocenters. The Morgan fingerprint density at radius 1 is 1.03 bits per heavy atom. The van der Waals surface area contributed by atoms with Crippen LogP contribution < -0.4 is 10.1 Å². The summed E-state index contributed by atoms with van der Waals surface area (Å²) >= 11 is 0. The molecule has 34 heavy (non-hydrogen) atoms. The molecule has 0 aliphatic heterocycles. The van der Waals surface area contributed by atoms with Crippen LogP contribution in [-0.4, -0.2) is 31.7 Å². The molecule has 0 amide bonds. The molecule has 7 nitrogen and oxygen atoms in total. The van der Waals surface area contributed by atoms with Gasteiger partial charge in [0.2, 0.25) is 11.8 Å². The average molecular weight is 457 g/mol. The maximum absolute atomic E-state index is 10.9. The Morgan fingerprint density at radius 2 is 1.76 bits per heavy atom. The van der Waals surface area contributed by atoms with E-state index in [1.54, 1.807) is 0 Å². The molecule has 1 saturated carbocycles. The average Bonchev–Trinajstić information content (AvgIpc) is 3.16. The van der Waals surface area contributed by atoms with Crippen molar-refractivity contribution in [3.63, 3.8) is 0 Å². The fraction of sp³-hybridized carbons (Fsp3) is 0.296. The van der Waals surface area contributed by atoms with Crippen molar-refractivity contribution < 1.29 is 14.6 Å². The van der Waals surface area contributed by atoms with Crippen LogP contribution in [0.15, 0.2) is 66.9 Å². The monoisotopic (exact) mass is 456 g/mol. The second kappa shape index (κ2) is 9.55. The second-order valence-electron chi connectivity index (χ2n) is 8.93. The highest BCUT2D eigenvalue weighted by molar-refractivity contribution is 5.79. The number of fused-ring (bicyclic) bond motifs is 1. The molecule has 0 unspecified atom stereocenters. The maximum atomic E-state index is 10.9. The van der Waals surface area contributed by atoms with Gasteiger partial charge in [0, 0.05) is 37.0 Å². The standard InChI is InChI=1S/C27H28N4O3/c1-31-24-5-3-2-4-23(24)30-27(31)29-21-11-8-19(9-12-21)20-10-15-25(28-17-20)34-22-13-6-18(7-14-22)16-26(32)33/h2-5,8-12,15,17-18,22H,6-7,13-14,16H2,1H3,(H,29,30)(H,32,33). The first-order valence-electron chi connectivity index (χ1n) is 11.7. The number of aromatic nitrogens is 3. The summed E-state index contributed by atoms with van der Waals surface area (Å²) in [6.45, 7) is 0. The van der Waals surface area contributed by atoms with Crippen molar-refractivity contribution in [2.75, 3.05) is 5.32 Å². The molecule has 7 heteroatoms. The molecule has 1 fully saturated rings. The zero-order valence-electron chi connectivity index (χ0n) is 19.1. The molecule has 174 valence electrons. The van der Waals surface area contributed by atoms with Crippen LogP contribution in [0.3, 0.4) is 0 Å². The number of aryl methyl sites for hydroxylation is 1. The fourth-order valence-corrected chi connectivity index (χ4v) is 4.62. The summed E-state index contributed by atoms with van der Waals surface area (Å²) in [7, 11) is 2.00. The number of carboxylic acids is 1. The zero-order valence-corrected chi connectivity index (χ0v) is 19.1. The van der Waals surface area contributed by atoms with E-state index in [0.717, 1.165) is 59.5 Å². The summed E-state index contributed by atoms with van der Waals surface area (Å²) in [5.74, 6) is 0.969. The number of pyridine rings is 1. The Labute approximate surface area is 198 Å². The first-order chi connectivity index (χ1) is 16.5. The molecule has 2 N–H and O–H groups in total. The zero-order chi connectivity index (χ0) is 23.5. The van der Waals surface area contributed by atoms with Gasteiger partial charge < -0.3 is 19.7 Å². The van der Waals surface area contributed by atoms with Crippen molar-refractivity contribution in [3.05, 3.63) is 66.9 Å². The van der Waals surface area contributed by atoms with Crippen molar-refractivity contribution in [2.24, 2.45) is 13.0 Å². The van der Waals surface area contributed by atoms with Gasteiger partial charge in [-0.3, -0.25) is 4.79 Å². The first-order valence-corrected chi connectivity index (χ1v) is 11.7. The highest BCUT2D eigenvalue weighted by atomic mass is 16.5. The number of ether oxygens (including phenoxy) is 1. The van der Waals surface area contributed by atoms with E-state index in [4.69, 9.17) is 9.84 Å². The van der Waals surface area contributed by atoms with Gasteiger partial charge in [-0.05, 0) is 67.5 Å². The summed E-state index contributed by atoms with van der Waals surface area (Å²) in [5, 5.41) is 12.4. The number of nitrogens with zero attached hydrogens (tertiary/aromatic N) is 3. The predicted octanol–water partition coefficient (Wildman–Crippen LogP) is 5.79. The molecule has 1 aliphatic rings. The van der Waals surface area contributed by atoms with Crippen molar-refractivity contribution in [1.82, 2.24) is 14.5 Å². The molecule has 4 aromatic rings. The van der Waals surface area contributed by atoms with Gasteiger partial charge in [-0.25, -0.2) is 9.97 Å². The third-order valence-electron chi connectivity index (χ3n) is 6.54. The number of carbonyl (C=O) groups is 1. The highest BCUT2D eigenvalue weighted by Crippen LogP contribution is 2.30. The molecule has 2 aromatic heterocycles. The first kappa shape index (κ1) is 21.9. The molecule has 0 radical (unpaired) electrons. The minimum Gasteiger partial charge on any atom is -0.481 e. The lowest BCUT2D eigenvalue weighted by Gasteiger charge is -2.27. The van der Waals surface area contributed by atoms with E-state index in [0.29, 0.717) is 5.88 Å². The smallest absolute Gasteiger partial charge is 0.303 e. The van der Waals surface area contributed by atoms with Gasteiger partial charge in [-0.15, -0.1) is 0 Å². The van der Waals surface area contributed by atoms with Crippen molar-refractivity contribution >= 4 is 28.6 Å². The summed E-state index contributed by atoms with van der Waals surface area (Å²) in [6, 6.07) is 20.2. The lowest BCUT2D eigenvalue weighted by molar-refractivity contribution is -0.138. The van der Waals surface area contributed by atoms with Crippen LogP contribution in [0.2, 0.25) is 0 Å². The Bertz CT molecular complexity index is 1270. The number of carboxylic acid groups (broad SMARTS) is 1. The minimum absolute atomic E-state index is 0.108. The van der Waals surface area contributed by atoms with Crippen molar-refractivity contribution in [1.29, 1.82) is 0 Å². The summed E-state index contributed by atoms with van der Waals surface area (Å²) in [5.41, 5.74) is 5.11. The molecular formula is C27H28N4O3. The van der Waals surface area contributed by atoms with E-state index in [1.807, 2.05) is 60.3 Å². The largest absolute Gasteiger partial charge is 0.481 e. The summed E-state index contributed by atoms with van der Waals surface area (Å²) in [6.07, 6.45) is 5.73. The predicted molar refractivity (Wildman–Crippen MR) is 132 cm³/mol. The van der Waals surface area contributed by atoms with Crippen molar-refractivity contribution in [2.45, 2.75) is 38.2 Å². The highest BCUT2D eigenvalue weighted by Gasteiger charge is 2.24. The van der Waals surface area contributed by atoms with Crippen molar-refractivity contribution in [3.8, 4) is 17.0 Å². The molecule has 5 rings (SSSR count). The number of imidazole rings is 1. The van der Waals surface area contributed by atoms with Crippen LogP contribution in [0.1, 0.15) is 32.1 Å². The lowest BCUT2D eigenvalue weighted by Crippen LogP contribution is -2.25. The van der Waals surface area contributed by atoms with Crippen LogP contribution in [0.25, 0.3) is 22.2 Å². The van der Waals surface area contributed by atoms with Gasteiger partial charge in [-0.2, -0.15) is 0 Å². The van der Waals surface area contributed by atoms with E-state index < -0.39 is 5.97 Å². The fourth-order valence-electron chi connectivity index (χ4n) is 4.62. The van der Waals surface area contributed by atoms with E-state index >= 15 is 0 Å². The number of nitrogens with one attached hydrogen (secondary N) is 1. The number of benzene rings is 2. The molecule has 2 aromatic carbocycles. The topological polar surface area (TPSA) is 89.3 Å². The molecule has 1 aliphatic carbocycles. The van der Waals surface area contributed by atoms with Gasteiger partial charge >= 0.3 is 5.97 Å². The van der Waals surface area contributed by atoms with E-state index in [2.05, 4.69) is 33.5 Å². The Kier molecular flexibility index (Phi) is 6.16. The van der Waals surface area contributed by atoms with Gasteiger partial charge in [-0.1, -0.05) is 24.3 Å². The lowest BCUT2D eigenvalue weighted by atomic mass is 9.85. The van der Waals surface area contributed by atoms with E-state index in [9.17, 15) is 4.79 Å². The Morgan fingerprint density at radius 3 is 2.44 bits per heavy atom. The van der Waals surface area contributed by atoms with Gasteiger partial charge in [0.15, 0.2) is 0 Å². The molecule has 0 spiro atoms. The summed E-state index contributed by atoms with van der Waals surface area (Å²) in [4.78, 5) is 20.0. The second-order valence-corrected chi connectivity index (χ2v) is 8.93. The van der Waals surface area contributed by atoms with E-state index in [-0.39, 0.29) is 18.4 Å². The van der Waals surface area contributed by atoms with Crippen LogP contribution in [0, 0.1) is 5.92 Å². The van der Waals surface area contributed by atoms with Crippen LogP contribution in [0.5, 0.6) is 5.88 Å². The Hall–Kier alpha value is -3.87.